The Bertz CT molecular complexity index is 926. The van der Waals surface area contributed by atoms with Crippen molar-refractivity contribution in [2.75, 3.05) is 5.32 Å². The van der Waals surface area contributed by atoms with Crippen LogP contribution in [0.4, 0.5) is 10.1 Å². The zero-order valence-electron chi connectivity index (χ0n) is 12.4. The van der Waals surface area contributed by atoms with Crippen LogP contribution in [0.25, 0.3) is 5.69 Å². The first-order chi connectivity index (χ1) is 11.4. The lowest BCUT2D eigenvalue weighted by molar-refractivity contribution is 0.102. The monoisotopic (exact) mass is 364 g/mol. The van der Waals surface area contributed by atoms with Gasteiger partial charge in [-0.3, -0.25) is 4.79 Å². The largest absolute Gasteiger partial charge is 0.318 e. The number of nitrogens with zero attached hydrogens (tertiary/aromatic N) is 3. The van der Waals surface area contributed by atoms with Gasteiger partial charge in [-0.25, -0.2) is 4.39 Å². The Hall–Kier alpha value is -2.44. The molecule has 0 saturated carbocycles. The summed E-state index contributed by atoms with van der Waals surface area (Å²) in [6.45, 7) is 1.64. The topological polar surface area (TPSA) is 59.8 Å². The van der Waals surface area contributed by atoms with E-state index in [4.69, 9.17) is 23.2 Å². The molecule has 0 aliphatic carbocycles. The minimum atomic E-state index is -0.629. The molecule has 0 radical (unpaired) electrons. The number of nitrogens with one attached hydrogen (secondary N) is 1. The SMILES string of the molecule is Cc1nn(-c2cccc(Cl)c2)nc1C(=O)Nc1ccc(Cl)cc1F. The average molecular weight is 365 g/mol. The number of benzene rings is 2. The number of aryl methyl sites for hydroxylation is 1. The number of amides is 1. The number of carbonyl (C=O) groups is 1. The van der Waals surface area contributed by atoms with Gasteiger partial charge in [-0.15, -0.1) is 5.10 Å². The molecular weight excluding hydrogens is 354 g/mol. The van der Waals surface area contributed by atoms with Crippen molar-refractivity contribution < 1.29 is 9.18 Å². The molecule has 8 heteroatoms. The molecule has 1 aromatic heterocycles. The van der Waals surface area contributed by atoms with Crippen molar-refractivity contribution >= 4 is 34.8 Å². The zero-order valence-corrected chi connectivity index (χ0v) is 13.9. The van der Waals surface area contributed by atoms with Gasteiger partial charge in [0.05, 0.1) is 17.1 Å². The Morgan fingerprint density at radius 2 is 1.88 bits per heavy atom. The summed E-state index contributed by atoms with van der Waals surface area (Å²) >= 11 is 11.6. The van der Waals surface area contributed by atoms with Crippen LogP contribution in [0.1, 0.15) is 16.2 Å². The number of anilines is 1. The first-order valence-corrected chi connectivity index (χ1v) is 7.66. The predicted molar refractivity (Wildman–Crippen MR) is 90.5 cm³/mol. The van der Waals surface area contributed by atoms with E-state index in [0.29, 0.717) is 16.4 Å². The molecule has 0 saturated heterocycles. The molecule has 2 aromatic carbocycles. The summed E-state index contributed by atoms with van der Waals surface area (Å²) in [6, 6.07) is 10.9. The molecule has 24 heavy (non-hydrogen) atoms. The Morgan fingerprint density at radius 3 is 2.58 bits per heavy atom. The van der Waals surface area contributed by atoms with E-state index >= 15 is 0 Å². The van der Waals surface area contributed by atoms with E-state index in [1.165, 1.54) is 16.9 Å². The Morgan fingerprint density at radius 1 is 1.12 bits per heavy atom. The van der Waals surface area contributed by atoms with Gasteiger partial charge in [0.25, 0.3) is 5.91 Å². The molecule has 0 unspecified atom stereocenters. The van der Waals surface area contributed by atoms with E-state index in [0.717, 1.165) is 6.07 Å². The highest BCUT2D eigenvalue weighted by molar-refractivity contribution is 6.31. The lowest BCUT2D eigenvalue weighted by atomic mass is 10.2. The van der Waals surface area contributed by atoms with Crippen molar-refractivity contribution in [3.8, 4) is 5.69 Å². The van der Waals surface area contributed by atoms with Crippen LogP contribution in [-0.2, 0) is 0 Å². The highest BCUT2D eigenvalue weighted by Crippen LogP contribution is 2.20. The molecule has 5 nitrogen and oxygen atoms in total. The first kappa shape index (κ1) is 16.4. The van der Waals surface area contributed by atoms with Crippen LogP contribution in [0.5, 0.6) is 0 Å². The van der Waals surface area contributed by atoms with Crippen molar-refractivity contribution in [2.24, 2.45) is 0 Å². The smallest absolute Gasteiger partial charge is 0.278 e. The molecule has 122 valence electrons. The molecule has 1 N–H and O–H groups in total. The van der Waals surface area contributed by atoms with Gasteiger partial charge in [0.1, 0.15) is 5.82 Å². The summed E-state index contributed by atoms with van der Waals surface area (Å²) in [5.74, 6) is -1.20. The third-order valence-corrected chi connectivity index (χ3v) is 3.69. The van der Waals surface area contributed by atoms with Crippen LogP contribution in [0.3, 0.4) is 0 Å². The van der Waals surface area contributed by atoms with Gasteiger partial charge in [-0.05, 0) is 43.3 Å². The Kier molecular flexibility index (Phi) is 4.51. The lowest BCUT2D eigenvalue weighted by Crippen LogP contribution is -2.15. The number of aromatic nitrogens is 3. The lowest BCUT2D eigenvalue weighted by Gasteiger charge is -2.05. The van der Waals surface area contributed by atoms with Crippen molar-refractivity contribution in [3.63, 3.8) is 0 Å². The maximum Gasteiger partial charge on any atom is 0.278 e. The van der Waals surface area contributed by atoms with Crippen LogP contribution in [0.2, 0.25) is 10.0 Å². The number of rotatable bonds is 3. The molecule has 1 heterocycles. The second-order valence-corrected chi connectivity index (χ2v) is 5.85. The highest BCUT2D eigenvalue weighted by Gasteiger charge is 2.18. The van der Waals surface area contributed by atoms with E-state index in [9.17, 15) is 9.18 Å². The molecule has 1 amide bonds. The summed E-state index contributed by atoms with van der Waals surface area (Å²) < 4.78 is 13.8. The molecule has 0 atom stereocenters. The van der Waals surface area contributed by atoms with E-state index in [-0.39, 0.29) is 16.4 Å². The highest BCUT2D eigenvalue weighted by atomic mass is 35.5. The minimum Gasteiger partial charge on any atom is -0.318 e. The van der Waals surface area contributed by atoms with Crippen LogP contribution in [-0.4, -0.2) is 20.9 Å². The molecule has 0 spiro atoms. The fourth-order valence-electron chi connectivity index (χ4n) is 2.08. The maximum absolute atomic E-state index is 13.8. The number of halogens is 3. The fourth-order valence-corrected chi connectivity index (χ4v) is 2.42. The number of hydrogen-bond donors (Lipinski definition) is 1. The number of hydrogen-bond acceptors (Lipinski definition) is 3. The van der Waals surface area contributed by atoms with Gasteiger partial charge >= 0.3 is 0 Å². The van der Waals surface area contributed by atoms with Gasteiger partial charge in [0.15, 0.2) is 5.69 Å². The van der Waals surface area contributed by atoms with Crippen molar-refractivity contribution in [1.82, 2.24) is 15.0 Å². The molecular formula is C16H11Cl2FN4O. The third-order valence-electron chi connectivity index (χ3n) is 3.22. The van der Waals surface area contributed by atoms with E-state index in [1.807, 2.05) is 0 Å². The Labute approximate surface area is 147 Å². The standard InChI is InChI=1S/C16H11Cl2FN4O/c1-9-15(16(24)20-14-6-5-11(18)8-13(14)19)22-23(21-9)12-4-2-3-10(17)7-12/h2-8H,1H3,(H,20,24). The van der Waals surface area contributed by atoms with Crippen LogP contribution in [0.15, 0.2) is 42.5 Å². The van der Waals surface area contributed by atoms with Crippen molar-refractivity contribution in [3.05, 3.63) is 69.7 Å². The summed E-state index contributed by atoms with van der Waals surface area (Å²) in [7, 11) is 0. The summed E-state index contributed by atoms with van der Waals surface area (Å²) in [5, 5.41) is 11.6. The Balaban J connectivity index is 1.88. The fraction of sp³-hybridized carbons (Fsp3) is 0.0625. The normalized spacial score (nSPS) is 10.7. The molecule has 0 fully saturated rings. The summed E-state index contributed by atoms with van der Waals surface area (Å²) in [6.07, 6.45) is 0. The van der Waals surface area contributed by atoms with E-state index in [2.05, 4.69) is 15.5 Å². The number of carbonyl (C=O) groups excluding carboxylic acids is 1. The van der Waals surface area contributed by atoms with E-state index < -0.39 is 11.7 Å². The first-order valence-electron chi connectivity index (χ1n) is 6.90. The predicted octanol–water partition coefficient (Wildman–Crippen LogP) is 4.27. The second-order valence-electron chi connectivity index (χ2n) is 4.98. The third kappa shape index (κ3) is 3.39. The van der Waals surface area contributed by atoms with Crippen LogP contribution in [0, 0.1) is 12.7 Å². The zero-order chi connectivity index (χ0) is 17.3. The van der Waals surface area contributed by atoms with E-state index in [1.54, 1.807) is 31.2 Å². The maximum atomic E-state index is 13.8. The quantitative estimate of drug-likeness (QED) is 0.754. The van der Waals surface area contributed by atoms with Gasteiger partial charge < -0.3 is 5.32 Å². The summed E-state index contributed by atoms with van der Waals surface area (Å²) in [4.78, 5) is 13.6. The van der Waals surface area contributed by atoms with Crippen LogP contribution >= 0.6 is 23.2 Å². The molecule has 3 aromatic rings. The minimum absolute atomic E-state index is 0.0149. The molecule has 0 bridgehead atoms. The van der Waals surface area contributed by atoms with Crippen LogP contribution < -0.4 is 5.32 Å². The summed E-state index contributed by atoms with van der Waals surface area (Å²) in [5.41, 5.74) is 1.12. The van der Waals surface area contributed by atoms with Gasteiger partial charge in [-0.1, -0.05) is 29.3 Å². The van der Waals surface area contributed by atoms with Gasteiger partial charge in [-0.2, -0.15) is 9.90 Å². The van der Waals surface area contributed by atoms with Crippen molar-refractivity contribution in [2.45, 2.75) is 6.92 Å². The second kappa shape index (κ2) is 6.59. The average Bonchev–Trinajstić information content (AvgIpc) is 2.92. The molecule has 0 aliphatic heterocycles. The van der Waals surface area contributed by atoms with Gasteiger partial charge in [0.2, 0.25) is 0 Å². The molecule has 3 rings (SSSR count). The van der Waals surface area contributed by atoms with Gasteiger partial charge in [0, 0.05) is 10.0 Å². The van der Waals surface area contributed by atoms with Crippen molar-refractivity contribution in [1.29, 1.82) is 0 Å². The molecule has 0 aliphatic rings.